The largest absolute Gasteiger partial charge is 0.251 e. The van der Waals surface area contributed by atoms with Crippen molar-refractivity contribution in [3.05, 3.63) is 200 Å². The number of unbranched alkanes of at least 4 members (excludes halogenated alkanes) is 10. The van der Waals surface area contributed by atoms with Gasteiger partial charge in [-0.1, -0.05) is 300 Å². The van der Waals surface area contributed by atoms with Crippen molar-refractivity contribution < 1.29 is 0 Å². The molecule has 0 aromatic heterocycles. The van der Waals surface area contributed by atoms with Gasteiger partial charge in [-0.15, -0.1) is 0 Å². The van der Waals surface area contributed by atoms with Gasteiger partial charge in [-0.2, -0.15) is 0 Å². The van der Waals surface area contributed by atoms with Crippen LogP contribution in [0.25, 0.3) is 22.3 Å². The van der Waals surface area contributed by atoms with Crippen LogP contribution in [0.15, 0.2) is 160 Å². The number of benzene rings is 4. The molecule has 4 aromatic carbocycles. The molecule has 2 aliphatic rings. The summed E-state index contributed by atoms with van der Waals surface area (Å²) in [6.07, 6.45) is 36.7. The van der Waals surface area contributed by atoms with Crippen LogP contribution in [0, 0.1) is 17.3 Å². The summed E-state index contributed by atoms with van der Waals surface area (Å²) >= 11 is 0. The van der Waals surface area contributed by atoms with Gasteiger partial charge in [0.05, 0.1) is 11.4 Å². The van der Waals surface area contributed by atoms with Crippen LogP contribution < -0.4 is 0 Å². The van der Waals surface area contributed by atoms with Gasteiger partial charge in [0, 0.05) is 22.5 Å². The van der Waals surface area contributed by atoms with E-state index in [4.69, 9.17) is 11.6 Å². The Morgan fingerprint density at radius 3 is 1.68 bits per heavy atom. The highest BCUT2D eigenvalue weighted by Crippen LogP contribution is 2.56. The molecular formula is C80H111N. The molecule has 0 radical (unpaired) electrons. The summed E-state index contributed by atoms with van der Waals surface area (Å²) in [5.74, 6) is 0.495. The van der Waals surface area contributed by atoms with Gasteiger partial charge in [0.15, 0.2) is 0 Å². The molecule has 0 amide bonds. The maximum Gasteiger partial charge on any atom is 0.0778 e. The molecule has 1 heteroatoms. The predicted octanol–water partition coefficient (Wildman–Crippen LogP) is 24.4. The number of hydrogen-bond acceptors (Lipinski definition) is 1. The Morgan fingerprint density at radius 1 is 0.617 bits per heavy atom. The van der Waals surface area contributed by atoms with E-state index >= 15 is 0 Å². The van der Waals surface area contributed by atoms with Crippen LogP contribution in [0.5, 0.6) is 0 Å². The van der Waals surface area contributed by atoms with Crippen molar-refractivity contribution in [1.82, 2.24) is 0 Å². The Bertz CT molecular complexity index is 2910. The lowest BCUT2D eigenvalue weighted by Gasteiger charge is -2.34. The van der Waals surface area contributed by atoms with E-state index in [1.54, 1.807) is 11.1 Å². The molecular weight excluding hydrogens is 975 g/mol. The average molecular weight is 1090 g/mol. The third-order valence-corrected chi connectivity index (χ3v) is 18.8. The molecule has 0 bridgehead atoms. The lowest BCUT2D eigenvalue weighted by molar-refractivity contribution is 0.397. The molecule has 0 saturated heterocycles. The highest BCUT2D eigenvalue weighted by atomic mass is 14.8. The first kappa shape index (κ1) is 64.9. The van der Waals surface area contributed by atoms with E-state index in [1.807, 2.05) is 0 Å². The Labute approximate surface area is 497 Å². The van der Waals surface area contributed by atoms with Gasteiger partial charge in [-0.05, 0) is 161 Å². The fourth-order valence-corrected chi connectivity index (χ4v) is 12.6. The summed E-state index contributed by atoms with van der Waals surface area (Å²) < 4.78 is 0. The van der Waals surface area contributed by atoms with E-state index in [1.165, 1.54) is 162 Å². The zero-order valence-corrected chi connectivity index (χ0v) is 54.4. The second kappa shape index (κ2) is 30.3. The summed E-state index contributed by atoms with van der Waals surface area (Å²) in [6, 6.07) is 33.3. The van der Waals surface area contributed by atoms with Crippen LogP contribution >= 0.6 is 0 Å². The minimum Gasteiger partial charge on any atom is -0.251 e. The molecule has 0 fully saturated rings. The SMILES string of the molecule is C=C(C(=NC1=C(C)C(/C(=C/C=C(\C)C(C)(C)C)C(C)CC)=CCC1/C(=C/C=C(\C)c1ccc2c(c1)C(CCCCCCCC)(CCCCCCCC)c1cc(C(C)(C)C)ccc1-2)CCC)c1ccc(CC)cc1)c1ccc(CC)cc1. The Balaban J connectivity index is 1.53. The van der Waals surface area contributed by atoms with Gasteiger partial charge < -0.3 is 0 Å². The van der Waals surface area contributed by atoms with E-state index < -0.39 is 0 Å². The van der Waals surface area contributed by atoms with Crippen molar-refractivity contribution in [2.75, 3.05) is 0 Å². The molecule has 436 valence electrons. The van der Waals surface area contributed by atoms with Gasteiger partial charge in [0.25, 0.3) is 0 Å². The number of fused-ring (bicyclic) bond motifs is 3. The quantitative estimate of drug-likeness (QED) is 0.0292. The molecule has 1 nitrogen and oxygen atoms in total. The first-order valence-electron chi connectivity index (χ1n) is 32.7. The predicted molar refractivity (Wildman–Crippen MR) is 361 cm³/mol. The van der Waals surface area contributed by atoms with Gasteiger partial charge in [0.2, 0.25) is 0 Å². The van der Waals surface area contributed by atoms with E-state index in [9.17, 15) is 0 Å². The zero-order valence-electron chi connectivity index (χ0n) is 54.4. The minimum atomic E-state index is 0.0166. The lowest BCUT2D eigenvalue weighted by Crippen LogP contribution is -2.26. The van der Waals surface area contributed by atoms with Crippen molar-refractivity contribution in [2.24, 2.45) is 22.2 Å². The van der Waals surface area contributed by atoms with E-state index in [2.05, 4.69) is 226 Å². The highest BCUT2D eigenvalue weighted by Gasteiger charge is 2.43. The fraction of sp³-hybridized carbons (Fsp3) is 0.512. The van der Waals surface area contributed by atoms with E-state index in [0.29, 0.717) is 5.92 Å². The average Bonchev–Trinajstić information content (AvgIpc) is 4.02. The number of aryl methyl sites for hydroxylation is 2. The summed E-state index contributed by atoms with van der Waals surface area (Å²) in [6.45, 7) is 42.2. The standard InChI is InChI=1S/C80H111N/c1-18-24-26-28-30-32-53-80(54-33-31-29-27-25-19-2)74-55-67(46-49-72(74)73-50-47-68(56-75(73)80)79(15,16)17)58(8)35-41-65(34-20-3)71-52-51-70(69(57(7)21-4)48-36-59(9)78(12,13)14)61(11)77(71)81-76(66-44-39-63(23-6)40-45-66)60(10)64-42-37-62(22-5)38-43-64/h35-51,55-57,71H,10,18-34,52-54H2,1-9,11-17H3/b58-35+,59-36+,65-41+,69-48+,81-76?. The van der Waals surface area contributed by atoms with Crippen LogP contribution in [0.4, 0.5) is 0 Å². The van der Waals surface area contributed by atoms with Crippen LogP contribution in [-0.4, -0.2) is 5.71 Å². The van der Waals surface area contributed by atoms with E-state index in [0.717, 1.165) is 60.9 Å². The van der Waals surface area contributed by atoms with Gasteiger partial charge in [0.1, 0.15) is 0 Å². The lowest BCUT2D eigenvalue weighted by atomic mass is 9.69. The second-order valence-corrected chi connectivity index (χ2v) is 26.7. The molecule has 0 heterocycles. The van der Waals surface area contributed by atoms with Crippen LogP contribution in [0.1, 0.15) is 271 Å². The summed E-state index contributed by atoms with van der Waals surface area (Å²) in [4.78, 5) is 6.02. The third-order valence-electron chi connectivity index (χ3n) is 18.8. The number of rotatable bonds is 29. The van der Waals surface area contributed by atoms with Crippen LogP contribution in [-0.2, 0) is 23.7 Å². The number of hydrogen-bond donors (Lipinski definition) is 0. The molecule has 2 aliphatic carbocycles. The van der Waals surface area contributed by atoms with Crippen molar-refractivity contribution in [3.63, 3.8) is 0 Å². The first-order valence-corrected chi connectivity index (χ1v) is 32.7. The molecule has 0 saturated carbocycles. The molecule has 4 aromatic rings. The van der Waals surface area contributed by atoms with Gasteiger partial charge in [-0.25, -0.2) is 0 Å². The Kier molecular flexibility index (Phi) is 24.3. The van der Waals surface area contributed by atoms with Gasteiger partial charge >= 0.3 is 0 Å². The Hall–Kier alpha value is -5.27. The molecule has 81 heavy (non-hydrogen) atoms. The maximum absolute atomic E-state index is 6.02. The number of allylic oxidation sites excluding steroid dienone is 12. The third kappa shape index (κ3) is 16.5. The van der Waals surface area contributed by atoms with Gasteiger partial charge in [-0.3, -0.25) is 4.99 Å². The highest BCUT2D eigenvalue weighted by molar-refractivity contribution is 6.31. The first-order chi connectivity index (χ1) is 38.8. The van der Waals surface area contributed by atoms with E-state index in [-0.39, 0.29) is 22.2 Å². The van der Waals surface area contributed by atoms with Crippen LogP contribution in [0.3, 0.4) is 0 Å². The molecule has 0 spiro atoms. The molecule has 6 rings (SSSR count). The van der Waals surface area contributed by atoms with Crippen molar-refractivity contribution >= 4 is 16.9 Å². The molecule has 0 aliphatic heterocycles. The smallest absolute Gasteiger partial charge is 0.0778 e. The molecule has 2 unspecified atom stereocenters. The maximum atomic E-state index is 6.02. The monoisotopic (exact) mass is 1090 g/mol. The molecule has 0 N–H and O–H groups in total. The Morgan fingerprint density at radius 2 is 1.15 bits per heavy atom. The summed E-state index contributed by atoms with van der Waals surface area (Å²) in [5.41, 5.74) is 25.3. The van der Waals surface area contributed by atoms with Crippen LogP contribution in [0.2, 0.25) is 0 Å². The fourth-order valence-electron chi connectivity index (χ4n) is 12.6. The number of nitrogens with zero attached hydrogens (tertiary/aromatic N) is 1. The topological polar surface area (TPSA) is 12.4 Å². The van der Waals surface area contributed by atoms with Crippen molar-refractivity contribution in [2.45, 2.75) is 250 Å². The zero-order chi connectivity index (χ0) is 58.9. The normalized spacial score (nSPS) is 16.7. The summed E-state index contributed by atoms with van der Waals surface area (Å²) in [5, 5.41) is 0. The van der Waals surface area contributed by atoms with Crippen molar-refractivity contribution in [3.8, 4) is 11.1 Å². The summed E-state index contributed by atoms with van der Waals surface area (Å²) in [7, 11) is 0. The molecule has 2 atom stereocenters. The van der Waals surface area contributed by atoms with Crippen molar-refractivity contribution in [1.29, 1.82) is 0 Å². The second-order valence-electron chi connectivity index (χ2n) is 26.7. The number of aliphatic imine (C=N–C) groups is 1. The minimum absolute atomic E-state index is 0.0166.